The van der Waals surface area contributed by atoms with E-state index in [-0.39, 0.29) is 22.2 Å². The van der Waals surface area contributed by atoms with Crippen LogP contribution in [0.25, 0.3) is 0 Å². The van der Waals surface area contributed by atoms with Crippen LogP contribution in [-0.2, 0) is 21.2 Å². The van der Waals surface area contributed by atoms with Crippen molar-refractivity contribution in [1.82, 2.24) is 0 Å². The average Bonchev–Trinajstić information content (AvgIpc) is 3.14. The predicted octanol–water partition coefficient (Wildman–Crippen LogP) is 4.13. The molecule has 3 aliphatic carbocycles. The van der Waals surface area contributed by atoms with Crippen LogP contribution in [-0.4, -0.2) is 32.7 Å². The van der Waals surface area contributed by atoms with E-state index in [0.29, 0.717) is 29.1 Å². The van der Waals surface area contributed by atoms with Gasteiger partial charge in [0.15, 0.2) is 11.5 Å². The van der Waals surface area contributed by atoms with Crippen LogP contribution in [0.3, 0.4) is 0 Å². The summed E-state index contributed by atoms with van der Waals surface area (Å²) in [5, 5.41) is 15.4. The van der Waals surface area contributed by atoms with E-state index in [0.717, 1.165) is 38.5 Å². The monoisotopic (exact) mass is 485 g/mol. The fraction of sp³-hybridized carbons (Fsp3) is 0.500. The van der Waals surface area contributed by atoms with Gasteiger partial charge in [-0.3, -0.25) is 0 Å². The van der Waals surface area contributed by atoms with Crippen molar-refractivity contribution in [3.05, 3.63) is 53.1 Å². The quantitative estimate of drug-likeness (QED) is 0.629. The summed E-state index contributed by atoms with van der Waals surface area (Å²) in [6.07, 6.45) is 5.65. The van der Waals surface area contributed by atoms with Gasteiger partial charge in [-0.15, -0.1) is 0 Å². The first-order valence-electron chi connectivity index (χ1n) is 11.9. The molecule has 3 unspecified atom stereocenters. The standard InChI is InChI=1S/C26H31NO6S/c1-26-12-11-18-19(8-5-16-13-22(28)23(32-2)14-20(16)18)21(26)9-10-24(26)33-25(29)15-3-6-17(7-4-15)34(27,30)31/h3-4,6-7,13-14,18-19,21,24,28H,5,8-12H2,1-2H3,(H2,27,30,31)/t18?,19?,21?,24-,26-/m0/s1. The second-order valence-electron chi connectivity index (χ2n) is 10.2. The first kappa shape index (κ1) is 23.2. The van der Waals surface area contributed by atoms with E-state index in [1.165, 1.54) is 35.4 Å². The number of hydrogen-bond acceptors (Lipinski definition) is 6. The van der Waals surface area contributed by atoms with Crippen molar-refractivity contribution in [1.29, 1.82) is 0 Å². The van der Waals surface area contributed by atoms with Gasteiger partial charge in [-0.05, 0) is 104 Å². The first-order chi connectivity index (χ1) is 16.1. The fourth-order valence-corrected chi connectivity index (χ4v) is 7.39. The number of aryl methyl sites for hydroxylation is 1. The van der Waals surface area contributed by atoms with E-state index < -0.39 is 16.0 Å². The number of phenols is 1. The molecule has 5 atom stereocenters. The lowest BCUT2D eigenvalue weighted by molar-refractivity contribution is -0.0428. The highest BCUT2D eigenvalue weighted by Crippen LogP contribution is 2.62. The molecule has 182 valence electrons. The zero-order chi connectivity index (χ0) is 24.3. The van der Waals surface area contributed by atoms with Crippen molar-refractivity contribution in [3.8, 4) is 11.5 Å². The molecule has 0 bridgehead atoms. The van der Waals surface area contributed by atoms with Crippen LogP contribution in [0.1, 0.15) is 66.4 Å². The van der Waals surface area contributed by atoms with Gasteiger partial charge in [-0.2, -0.15) is 0 Å². The Bertz CT molecular complexity index is 1220. The van der Waals surface area contributed by atoms with E-state index in [1.807, 2.05) is 12.1 Å². The Morgan fingerprint density at radius 3 is 2.53 bits per heavy atom. The summed E-state index contributed by atoms with van der Waals surface area (Å²) in [6, 6.07) is 9.45. The summed E-state index contributed by atoms with van der Waals surface area (Å²) >= 11 is 0. The Morgan fingerprint density at radius 1 is 1.12 bits per heavy atom. The SMILES string of the molecule is COc1cc2c(cc1O)CCC1C2CC[C@@]2(C)C1CC[C@@H]2OC(=O)c1ccc(S(N)(=O)=O)cc1. The van der Waals surface area contributed by atoms with Crippen LogP contribution >= 0.6 is 0 Å². The molecule has 0 amide bonds. The third-order valence-electron chi connectivity index (χ3n) is 8.61. The molecule has 3 aliphatic rings. The molecule has 7 nitrogen and oxygen atoms in total. The normalized spacial score (nSPS) is 30.1. The van der Waals surface area contributed by atoms with Gasteiger partial charge in [0.1, 0.15) is 6.10 Å². The summed E-state index contributed by atoms with van der Waals surface area (Å²) in [5.41, 5.74) is 2.75. The third-order valence-corrected chi connectivity index (χ3v) is 9.53. The number of methoxy groups -OCH3 is 1. The molecule has 2 saturated carbocycles. The molecule has 34 heavy (non-hydrogen) atoms. The number of phenolic OH excluding ortho intramolecular Hbond substituents is 1. The van der Waals surface area contributed by atoms with Crippen LogP contribution in [0.2, 0.25) is 0 Å². The van der Waals surface area contributed by atoms with Crippen molar-refractivity contribution in [2.75, 3.05) is 7.11 Å². The Kier molecular flexibility index (Phi) is 5.64. The number of carbonyl (C=O) groups excluding carboxylic acids is 1. The Morgan fingerprint density at radius 2 is 1.85 bits per heavy atom. The second-order valence-corrected chi connectivity index (χ2v) is 11.8. The van der Waals surface area contributed by atoms with Gasteiger partial charge in [-0.1, -0.05) is 6.92 Å². The molecule has 3 N–H and O–H groups in total. The highest BCUT2D eigenvalue weighted by molar-refractivity contribution is 7.89. The second kappa shape index (κ2) is 8.27. The molecule has 0 aliphatic heterocycles. The summed E-state index contributed by atoms with van der Waals surface area (Å²) in [5.74, 6) is 1.70. The van der Waals surface area contributed by atoms with Gasteiger partial charge in [0.05, 0.1) is 17.6 Å². The van der Waals surface area contributed by atoms with Gasteiger partial charge in [0.2, 0.25) is 10.0 Å². The van der Waals surface area contributed by atoms with Crippen LogP contribution < -0.4 is 9.88 Å². The smallest absolute Gasteiger partial charge is 0.338 e. The van der Waals surface area contributed by atoms with Gasteiger partial charge in [-0.25, -0.2) is 18.4 Å². The predicted molar refractivity (Wildman–Crippen MR) is 126 cm³/mol. The Balaban J connectivity index is 1.34. The molecule has 2 fully saturated rings. The van der Waals surface area contributed by atoms with Crippen molar-refractivity contribution in [2.45, 2.75) is 62.4 Å². The maximum atomic E-state index is 12.9. The highest BCUT2D eigenvalue weighted by atomic mass is 32.2. The topological polar surface area (TPSA) is 116 Å². The Labute approximate surface area is 200 Å². The number of benzene rings is 2. The van der Waals surface area contributed by atoms with Gasteiger partial charge >= 0.3 is 5.97 Å². The molecule has 0 aromatic heterocycles. The highest BCUT2D eigenvalue weighted by Gasteiger charge is 2.56. The zero-order valence-electron chi connectivity index (χ0n) is 19.5. The Hall–Kier alpha value is -2.58. The van der Waals surface area contributed by atoms with Gasteiger partial charge in [0, 0.05) is 5.41 Å². The molecule has 0 spiro atoms. The number of primary sulfonamides is 1. The average molecular weight is 486 g/mol. The maximum Gasteiger partial charge on any atom is 0.338 e. The largest absolute Gasteiger partial charge is 0.504 e. The van der Waals surface area contributed by atoms with Gasteiger partial charge in [0.25, 0.3) is 0 Å². The number of nitrogens with two attached hydrogens (primary N) is 1. The third kappa shape index (κ3) is 3.77. The minimum Gasteiger partial charge on any atom is -0.504 e. The number of esters is 1. The van der Waals surface area contributed by atoms with E-state index in [9.17, 15) is 18.3 Å². The number of ether oxygens (including phenoxy) is 2. The van der Waals surface area contributed by atoms with Crippen LogP contribution in [0, 0.1) is 17.3 Å². The number of rotatable bonds is 4. The van der Waals surface area contributed by atoms with Crippen molar-refractivity contribution < 1.29 is 27.8 Å². The molecule has 8 heteroatoms. The zero-order valence-corrected chi connectivity index (χ0v) is 20.3. The number of hydrogen-bond donors (Lipinski definition) is 2. The van der Waals surface area contributed by atoms with Crippen molar-refractivity contribution in [3.63, 3.8) is 0 Å². The number of sulfonamides is 1. The number of aromatic hydroxyl groups is 1. The minimum atomic E-state index is -3.81. The molecule has 0 saturated heterocycles. The van der Waals surface area contributed by atoms with E-state index in [4.69, 9.17) is 14.6 Å². The van der Waals surface area contributed by atoms with Crippen LogP contribution in [0.4, 0.5) is 0 Å². The number of carbonyl (C=O) groups is 1. The lowest BCUT2D eigenvalue weighted by Crippen LogP contribution is -2.45. The molecular weight excluding hydrogens is 454 g/mol. The summed E-state index contributed by atoms with van der Waals surface area (Å²) in [6.45, 7) is 2.26. The van der Waals surface area contributed by atoms with E-state index in [1.54, 1.807) is 7.11 Å². The van der Waals surface area contributed by atoms with E-state index in [2.05, 4.69) is 6.92 Å². The summed E-state index contributed by atoms with van der Waals surface area (Å²) in [7, 11) is -2.23. The fourth-order valence-electron chi connectivity index (χ4n) is 6.87. The van der Waals surface area contributed by atoms with Crippen molar-refractivity contribution >= 4 is 16.0 Å². The van der Waals surface area contributed by atoms with Crippen LogP contribution in [0.15, 0.2) is 41.3 Å². The summed E-state index contributed by atoms with van der Waals surface area (Å²) < 4.78 is 34.4. The molecule has 5 rings (SSSR count). The number of fused-ring (bicyclic) bond motifs is 5. The molecule has 0 heterocycles. The maximum absolute atomic E-state index is 12.9. The van der Waals surface area contributed by atoms with Crippen LogP contribution in [0.5, 0.6) is 11.5 Å². The molecule has 2 aromatic carbocycles. The summed E-state index contributed by atoms with van der Waals surface area (Å²) in [4.78, 5) is 12.9. The first-order valence-corrected chi connectivity index (χ1v) is 13.4. The molecule has 0 radical (unpaired) electrons. The van der Waals surface area contributed by atoms with Crippen molar-refractivity contribution in [2.24, 2.45) is 22.4 Å². The van der Waals surface area contributed by atoms with Gasteiger partial charge < -0.3 is 14.6 Å². The minimum absolute atomic E-state index is 0.0298. The lowest BCUT2D eigenvalue weighted by Gasteiger charge is -2.50. The molecule has 2 aromatic rings. The molecular formula is C26H31NO6S. The lowest BCUT2D eigenvalue weighted by atomic mass is 9.55. The van der Waals surface area contributed by atoms with E-state index >= 15 is 0 Å².